The molecule has 0 unspecified atom stereocenters. The molecule has 0 bridgehead atoms. The van der Waals surface area contributed by atoms with Gasteiger partial charge in [0, 0.05) is 0 Å². The van der Waals surface area contributed by atoms with Crippen LogP contribution in [0.4, 0.5) is 0 Å². The van der Waals surface area contributed by atoms with Crippen molar-refractivity contribution in [1.29, 1.82) is 0 Å². The molecule has 1 radical (unpaired) electrons. The fourth-order valence-corrected chi connectivity index (χ4v) is 0.340. The van der Waals surface area contributed by atoms with Crippen LogP contribution in [0.15, 0.2) is 18.2 Å². The van der Waals surface area contributed by atoms with Gasteiger partial charge >= 0.3 is 22.4 Å². The molecule has 0 nitrogen and oxygen atoms in total. The molecule has 0 N–H and O–H groups in total. The fraction of sp³-hybridized carbons (Fsp3) is 0.375. The predicted molar refractivity (Wildman–Crippen MR) is 39.4 cm³/mol. The molecule has 0 atom stereocenters. The zero-order chi connectivity index (χ0) is 6.24. The molecule has 0 saturated carbocycles. The van der Waals surface area contributed by atoms with Gasteiger partial charge in [0.25, 0.3) is 0 Å². The van der Waals surface area contributed by atoms with Crippen LogP contribution in [0, 0.1) is 12.5 Å². The molecule has 0 aromatic carbocycles. The third kappa shape index (κ3) is 11.7. The van der Waals surface area contributed by atoms with Gasteiger partial charge in [-0.25, -0.2) is 12.2 Å². The maximum Gasteiger partial charge on any atom is 2.00 e. The normalized spacial score (nSPS) is 11.8. The zero-order valence-electron chi connectivity index (χ0n) is 7.96. The van der Waals surface area contributed by atoms with Crippen LogP contribution in [0.5, 0.6) is 0 Å². The summed E-state index contributed by atoms with van der Waals surface area (Å²) in [7, 11) is 0. The van der Waals surface area contributed by atoms with Crippen molar-refractivity contribution in [1.82, 2.24) is 0 Å². The second-order valence-electron chi connectivity index (χ2n) is 1.58. The van der Waals surface area contributed by atoms with E-state index in [-0.39, 0.29) is 25.2 Å². The average Bonchev–Trinajstić information content (AvgIpc) is 2.17. The summed E-state index contributed by atoms with van der Waals surface area (Å²) >= 11 is 0. The fourth-order valence-electron chi connectivity index (χ4n) is 0.340. The molecule has 0 aliphatic heterocycles. The molecular weight excluding hydrogens is 277 g/mol. The second kappa shape index (κ2) is 11.1. The van der Waals surface area contributed by atoms with Gasteiger partial charge in [0.05, 0.1) is 0 Å². The van der Waals surface area contributed by atoms with Crippen molar-refractivity contribution >= 4 is 0 Å². The standard InChI is InChI=1S/C5H5.C3H7.Ta.2H/c1-2-4-5-3-1;1-3-2;;;/h1-3H,4H2;3H,1-2H3;;;/q2*-1;+2;2*-1. The molecule has 0 saturated heterocycles. The van der Waals surface area contributed by atoms with Gasteiger partial charge in [-0.05, 0) is 0 Å². The molecule has 9 heavy (non-hydrogen) atoms. The number of hydrogen-bond acceptors (Lipinski definition) is 0. The van der Waals surface area contributed by atoms with Crippen molar-refractivity contribution < 1.29 is 25.2 Å². The van der Waals surface area contributed by atoms with Crippen LogP contribution >= 0.6 is 0 Å². The van der Waals surface area contributed by atoms with Crippen molar-refractivity contribution in [2.45, 2.75) is 20.3 Å². The molecule has 0 amide bonds. The first-order valence-electron chi connectivity index (χ1n) is 2.87. The van der Waals surface area contributed by atoms with Crippen molar-refractivity contribution in [2.24, 2.45) is 0 Å². The molecule has 53 valence electrons. The first-order chi connectivity index (χ1) is 3.91. The number of rotatable bonds is 0. The molecule has 0 fully saturated rings. The largest absolute Gasteiger partial charge is 2.00 e. The van der Waals surface area contributed by atoms with E-state index in [4.69, 9.17) is 0 Å². The third-order valence-electron chi connectivity index (χ3n) is 0.586. The zero-order valence-corrected chi connectivity index (χ0v) is 9.18. The Bertz CT molecular complexity index is 80.1. The topological polar surface area (TPSA) is 0 Å². The van der Waals surface area contributed by atoms with Gasteiger partial charge in [0.2, 0.25) is 0 Å². The van der Waals surface area contributed by atoms with Crippen molar-refractivity contribution in [2.75, 3.05) is 0 Å². The Balaban J connectivity index is -0.0000000379. The van der Waals surface area contributed by atoms with Crippen LogP contribution in [0.2, 0.25) is 0 Å². The van der Waals surface area contributed by atoms with Gasteiger partial charge in [-0.2, -0.15) is 19.9 Å². The smallest absolute Gasteiger partial charge is 1.00 e. The summed E-state index contributed by atoms with van der Waals surface area (Å²) in [6, 6.07) is 0. The summed E-state index contributed by atoms with van der Waals surface area (Å²) in [4.78, 5) is 0. The molecule has 1 aliphatic carbocycles. The molecule has 1 aliphatic rings. The van der Waals surface area contributed by atoms with E-state index in [1.807, 2.05) is 32.4 Å². The molecule has 0 heterocycles. The van der Waals surface area contributed by atoms with Crippen molar-refractivity contribution in [3.8, 4) is 0 Å². The Morgan fingerprint density at radius 1 is 1.56 bits per heavy atom. The van der Waals surface area contributed by atoms with Gasteiger partial charge in [-0.1, -0.05) is 0 Å². The van der Waals surface area contributed by atoms with Crippen LogP contribution in [-0.4, -0.2) is 0 Å². The molecule has 0 aromatic heterocycles. The molecule has 1 heteroatoms. The van der Waals surface area contributed by atoms with Crippen molar-refractivity contribution in [3.63, 3.8) is 0 Å². The summed E-state index contributed by atoms with van der Waals surface area (Å²) in [5.74, 6) is 0. The SMILES string of the molecule is C[CH-]C.[C-]1=CC=CC1.[H-].[H-].[Ta+2]. The van der Waals surface area contributed by atoms with E-state index in [9.17, 15) is 0 Å². The summed E-state index contributed by atoms with van der Waals surface area (Å²) in [6.07, 6.45) is 12.0. The number of allylic oxidation sites excluding steroid dienone is 4. The van der Waals surface area contributed by atoms with Crippen LogP contribution in [0.1, 0.15) is 23.1 Å². The van der Waals surface area contributed by atoms with Crippen LogP contribution in [0.3, 0.4) is 0 Å². The first-order valence-corrected chi connectivity index (χ1v) is 2.87. The van der Waals surface area contributed by atoms with Gasteiger partial charge in [0.1, 0.15) is 0 Å². The summed E-state index contributed by atoms with van der Waals surface area (Å²) in [6.45, 7) is 4.00. The van der Waals surface area contributed by atoms with E-state index >= 15 is 0 Å². The Kier molecular flexibility index (Phi) is 14.7. The Hall–Kier alpha value is 0.220. The van der Waals surface area contributed by atoms with Crippen LogP contribution in [-0.2, 0) is 22.4 Å². The molecular formula is C8H14Ta-2. The van der Waals surface area contributed by atoms with E-state index in [1.165, 1.54) is 0 Å². The Morgan fingerprint density at radius 2 is 2.11 bits per heavy atom. The molecule has 0 aromatic rings. The first kappa shape index (κ1) is 12.0. The van der Waals surface area contributed by atoms with E-state index in [1.54, 1.807) is 0 Å². The van der Waals surface area contributed by atoms with Gasteiger partial charge < -0.3 is 9.27 Å². The molecule has 0 spiro atoms. The van der Waals surface area contributed by atoms with Crippen LogP contribution < -0.4 is 0 Å². The minimum Gasteiger partial charge on any atom is -1.00 e. The van der Waals surface area contributed by atoms with E-state index in [0.717, 1.165) is 6.42 Å². The minimum absolute atomic E-state index is 0. The quantitative estimate of drug-likeness (QED) is 0.602. The Morgan fingerprint density at radius 3 is 2.22 bits per heavy atom. The van der Waals surface area contributed by atoms with Gasteiger partial charge in [-0.3, -0.25) is 6.08 Å². The van der Waals surface area contributed by atoms with Gasteiger partial charge in [0.15, 0.2) is 0 Å². The number of hydrogen-bond donors (Lipinski definition) is 0. The van der Waals surface area contributed by atoms with E-state index in [0.29, 0.717) is 0 Å². The maximum atomic E-state index is 2.99. The second-order valence-corrected chi connectivity index (χ2v) is 1.58. The predicted octanol–water partition coefficient (Wildman–Crippen LogP) is 2.76. The summed E-state index contributed by atoms with van der Waals surface area (Å²) in [5.41, 5.74) is 0. The van der Waals surface area contributed by atoms with Crippen LogP contribution in [0.25, 0.3) is 0 Å². The maximum absolute atomic E-state index is 2.99. The monoisotopic (exact) mass is 291 g/mol. The Labute approximate surface area is 76.5 Å². The van der Waals surface area contributed by atoms with Crippen molar-refractivity contribution in [3.05, 3.63) is 30.7 Å². The van der Waals surface area contributed by atoms with Gasteiger partial charge in [-0.15, -0.1) is 6.42 Å². The summed E-state index contributed by atoms with van der Waals surface area (Å²) in [5, 5.41) is 0. The molecule has 1 rings (SSSR count). The van der Waals surface area contributed by atoms with E-state index in [2.05, 4.69) is 12.2 Å². The average molecular weight is 291 g/mol. The van der Waals surface area contributed by atoms with E-state index < -0.39 is 0 Å². The minimum atomic E-state index is 0. The third-order valence-corrected chi connectivity index (χ3v) is 0.586. The summed E-state index contributed by atoms with van der Waals surface area (Å²) < 4.78 is 0.